The van der Waals surface area contributed by atoms with E-state index in [-0.39, 0.29) is 0 Å². The van der Waals surface area contributed by atoms with Crippen molar-refractivity contribution in [3.8, 4) is 0 Å². The van der Waals surface area contributed by atoms with E-state index in [0.29, 0.717) is 12.1 Å². The van der Waals surface area contributed by atoms with Crippen LogP contribution in [0, 0.1) is 0 Å². The molecule has 0 unspecified atom stereocenters. The van der Waals surface area contributed by atoms with Crippen LogP contribution in [0.5, 0.6) is 0 Å². The Morgan fingerprint density at radius 3 is 2.50 bits per heavy atom. The van der Waals surface area contributed by atoms with Gasteiger partial charge in [0.2, 0.25) is 0 Å². The molecule has 0 spiro atoms. The number of aliphatic imine (C=N–C) groups is 1. The molecule has 0 atom stereocenters. The van der Waals surface area contributed by atoms with Gasteiger partial charge in [-0.3, -0.25) is 14.6 Å². The summed E-state index contributed by atoms with van der Waals surface area (Å²) in [5, 5.41) is 11.0. The largest absolute Gasteiger partial charge is 0.357 e. The second-order valence-electron chi connectivity index (χ2n) is 6.59. The molecule has 0 radical (unpaired) electrons. The van der Waals surface area contributed by atoms with Crippen LogP contribution >= 0.6 is 0 Å². The predicted octanol–water partition coefficient (Wildman–Crippen LogP) is 2.34. The van der Waals surface area contributed by atoms with Crippen LogP contribution in [0.15, 0.2) is 23.5 Å². The Balaban J connectivity index is 2.27. The van der Waals surface area contributed by atoms with E-state index in [9.17, 15) is 0 Å². The van der Waals surface area contributed by atoms with E-state index in [2.05, 4.69) is 60.2 Å². The molecule has 1 heterocycles. The number of hydrogen-bond donors (Lipinski definition) is 2. The maximum atomic E-state index is 4.64. The summed E-state index contributed by atoms with van der Waals surface area (Å²) in [5.41, 5.74) is 0. The molecule has 1 rings (SSSR count). The minimum absolute atomic E-state index is 0.592. The maximum absolute atomic E-state index is 4.64. The molecule has 2 N–H and O–H groups in total. The second kappa shape index (κ2) is 11.9. The van der Waals surface area contributed by atoms with Crippen molar-refractivity contribution in [3.63, 3.8) is 0 Å². The van der Waals surface area contributed by atoms with E-state index in [1.807, 2.05) is 23.1 Å². The number of guanidine groups is 1. The van der Waals surface area contributed by atoms with Crippen LogP contribution in [-0.4, -0.2) is 58.9 Å². The van der Waals surface area contributed by atoms with Crippen LogP contribution in [0.1, 0.15) is 47.5 Å². The van der Waals surface area contributed by atoms with Crippen LogP contribution in [0.2, 0.25) is 0 Å². The van der Waals surface area contributed by atoms with Gasteiger partial charge in [0.15, 0.2) is 5.96 Å². The zero-order valence-corrected chi connectivity index (χ0v) is 16.1. The first-order chi connectivity index (χ1) is 11.5. The van der Waals surface area contributed by atoms with Crippen LogP contribution in [0.3, 0.4) is 0 Å². The lowest BCUT2D eigenvalue weighted by Gasteiger charge is -2.30. The highest BCUT2D eigenvalue weighted by Gasteiger charge is 2.12. The molecule has 24 heavy (non-hydrogen) atoms. The van der Waals surface area contributed by atoms with Crippen LogP contribution in [-0.2, 0) is 6.54 Å². The van der Waals surface area contributed by atoms with Crippen molar-refractivity contribution in [3.05, 3.63) is 18.5 Å². The molecule has 6 nitrogen and oxygen atoms in total. The van der Waals surface area contributed by atoms with Crippen LogP contribution in [0.4, 0.5) is 0 Å². The first-order valence-corrected chi connectivity index (χ1v) is 9.30. The van der Waals surface area contributed by atoms with E-state index in [0.717, 1.165) is 51.5 Å². The number of nitrogens with one attached hydrogen (secondary N) is 2. The molecule has 6 heteroatoms. The summed E-state index contributed by atoms with van der Waals surface area (Å²) >= 11 is 0. The summed E-state index contributed by atoms with van der Waals surface area (Å²) in [7, 11) is 0. The predicted molar refractivity (Wildman–Crippen MR) is 102 cm³/mol. The molecule has 0 bridgehead atoms. The van der Waals surface area contributed by atoms with Crippen LogP contribution in [0.25, 0.3) is 0 Å². The van der Waals surface area contributed by atoms with Crippen molar-refractivity contribution in [2.24, 2.45) is 4.99 Å². The maximum Gasteiger partial charge on any atom is 0.191 e. The molecule has 0 aliphatic carbocycles. The Morgan fingerprint density at radius 2 is 1.92 bits per heavy atom. The summed E-state index contributed by atoms with van der Waals surface area (Å²) < 4.78 is 1.95. The molecule has 0 saturated heterocycles. The normalized spacial score (nSPS) is 12.4. The van der Waals surface area contributed by atoms with Crippen molar-refractivity contribution in [1.29, 1.82) is 0 Å². The van der Waals surface area contributed by atoms with Gasteiger partial charge in [-0.05, 0) is 53.5 Å². The Morgan fingerprint density at radius 1 is 1.17 bits per heavy atom. The number of aryl methyl sites for hydroxylation is 1. The van der Waals surface area contributed by atoms with Gasteiger partial charge in [0.05, 0.1) is 0 Å². The topological polar surface area (TPSA) is 57.5 Å². The summed E-state index contributed by atoms with van der Waals surface area (Å²) in [6.45, 7) is 15.8. The molecule has 0 amide bonds. The number of hydrogen-bond acceptors (Lipinski definition) is 3. The van der Waals surface area contributed by atoms with Crippen molar-refractivity contribution in [1.82, 2.24) is 25.3 Å². The minimum atomic E-state index is 0.592. The first-order valence-electron chi connectivity index (χ1n) is 9.30. The third-order valence-corrected chi connectivity index (χ3v) is 3.93. The quantitative estimate of drug-likeness (QED) is 0.370. The Kier molecular flexibility index (Phi) is 10.2. The second-order valence-corrected chi connectivity index (χ2v) is 6.59. The highest BCUT2D eigenvalue weighted by atomic mass is 15.3. The van der Waals surface area contributed by atoms with E-state index >= 15 is 0 Å². The van der Waals surface area contributed by atoms with Gasteiger partial charge in [-0.15, -0.1) is 0 Å². The smallest absolute Gasteiger partial charge is 0.191 e. The standard InChI is InChI=1S/C18H36N6/c1-6-19-18(20-10-7-13-23-14-9-12-22-23)21-11-8-15-24(16(2)3)17(4)5/h9,12,14,16-17H,6-8,10-11,13,15H2,1-5H3,(H2,19,20,21). The van der Waals surface area contributed by atoms with E-state index in [1.165, 1.54) is 0 Å². The average Bonchev–Trinajstić information content (AvgIpc) is 3.03. The van der Waals surface area contributed by atoms with Gasteiger partial charge in [0.25, 0.3) is 0 Å². The number of nitrogens with zero attached hydrogens (tertiary/aromatic N) is 4. The summed E-state index contributed by atoms with van der Waals surface area (Å²) in [4.78, 5) is 7.16. The Bertz CT molecular complexity index is 430. The summed E-state index contributed by atoms with van der Waals surface area (Å²) in [6.07, 6.45) is 5.91. The zero-order chi connectivity index (χ0) is 17.8. The van der Waals surface area contributed by atoms with Crippen molar-refractivity contribution >= 4 is 5.96 Å². The SMILES string of the molecule is CCNC(=NCCCn1cccn1)NCCCN(C(C)C)C(C)C. The molecule has 0 saturated carbocycles. The lowest BCUT2D eigenvalue weighted by Crippen LogP contribution is -2.41. The van der Waals surface area contributed by atoms with Gasteiger partial charge >= 0.3 is 0 Å². The molecular weight excluding hydrogens is 300 g/mol. The number of aromatic nitrogens is 2. The molecular formula is C18H36N6. The first kappa shape index (κ1) is 20.5. The van der Waals surface area contributed by atoms with E-state index in [1.54, 1.807) is 0 Å². The fourth-order valence-corrected chi connectivity index (χ4v) is 2.78. The van der Waals surface area contributed by atoms with Crippen LogP contribution < -0.4 is 10.6 Å². The molecule has 0 aliphatic heterocycles. The van der Waals surface area contributed by atoms with Crippen molar-refractivity contribution in [2.45, 2.75) is 66.1 Å². The molecule has 0 aliphatic rings. The zero-order valence-electron chi connectivity index (χ0n) is 16.1. The minimum Gasteiger partial charge on any atom is -0.357 e. The highest BCUT2D eigenvalue weighted by molar-refractivity contribution is 5.79. The lowest BCUT2D eigenvalue weighted by atomic mass is 10.2. The van der Waals surface area contributed by atoms with Gasteiger partial charge in [0.1, 0.15) is 0 Å². The van der Waals surface area contributed by atoms with Gasteiger partial charge in [-0.25, -0.2) is 0 Å². The molecule has 0 fully saturated rings. The third kappa shape index (κ3) is 8.34. The molecule has 0 aromatic carbocycles. The lowest BCUT2D eigenvalue weighted by molar-refractivity contribution is 0.173. The summed E-state index contributed by atoms with van der Waals surface area (Å²) in [5.74, 6) is 0.915. The molecule has 138 valence electrons. The monoisotopic (exact) mass is 336 g/mol. The highest BCUT2D eigenvalue weighted by Crippen LogP contribution is 2.05. The van der Waals surface area contributed by atoms with E-state index < -0.39 is 0 Å². The average molecular weight is 337 g/mol. The van der Waals surface area contributed by atoms with Gasteiger partial charge < -0.3 is 10.6 Å². The number of rotatable bonds is 11. The fraction of sp³-hybridized carbons (Fsp3) is 0.778. The summed E-state index contributed by atoms with van der Waals surface area (Å²) in [6, 6.07) is 3.13. The Hall–Kier alpha value is -1.56. The Labute approximate surface area is 147 Å². The molecule has 1 aromatic rings. The van der Waals surface area contributed by atoms with Crippen molar-refractivity contribution in [2.75, 3.05) is 26.2 Å². The van der Waals surface area contributed by atoms with E-state index in [4.69, 9.17) is 0 Å². The van der Waals surface area contributed by atoms with Gasteiger partial charge in [-0.2, -0.15) is 5.10 Å². The third-order valence-electron chi connectivity index (χ3n) is 3.93. The van der Waals surface area contributed by atoms with Crippen molar-refractivity contribution < 1.29 is 0 Å². The molecule has 1 aromatic heterocycles. The van der Waals surface area contributed by atoms with Gasteiger partial charge in [0, 0.05) is 57.2 Å². The fourth-order valence-electron chi connectivity index (χ4n) is 2.78. The van der Waals surface area contributed by atoms with Gasteiger partial charge in [-0.1, -0.05) is 0 Å².